The second-order valence-electron chi connectivity index (χ2n) is 4.98. The Morgan fingerprint density at radius 3 is 2.68 bits per heavy atom. The van der Waals surface area contributed by atoms with E-state index in [1.54, 1.807) is 0 Å². The lowest BCUT2D eigenvalue weighted by molar-refractivity contribution is -0.110. The Kier molecular flexibility index (Phi) is 4.27. The number of rotatable bonds is 4. The molecule has 0 saturated heterocycles. The van der Waals surface area contributed by atoms with E-state index in [0.717, 1.165) is 27.0 Å². The van der Waals surface area contributed by atoms with Crippen molar-refractivity contribution in [2.24, 2.45) is 5.73 Å². The van der Waals surface area contributed by atoms with Crippen LogP contribution in [-0.4, -0.2) is 19.0 Å². The van der Waals surface area contributed by atoms with E-state index in [1.165, 1.54) is 0 Å². The average molecular weight is 358 g/mol. The number of fused-ring (bicyclic) bond motifs is 1. The highest BCUT2D eigenvalue weighted by Crippen LogP contribution is 2.37. The third-order valence-electron chi connectivity index (χ3n) is 3.48. The fraction of sp³-hybridized carbons (Fsp3) is 0.118. The van der Waals surface area contributed by atoms with E-state index in [4.69, 9.17) is 5.73 Å². The van der Waals surface area contributed by atoms with Gasteiger partial charge in [0.05, 0.1) is 11.3 Å². The number of carbonyl (C=O) groups is 1. The van der Waals surface area contributed by atoms with Crippen LogP contribution >= 0.6 is 15.9 Å². The van der Waals surface area contributed by atoms with Gasteiger partial charge >= 0.3 is 0 Å². The summed E-state index contributed by atoms with van der Waals surface area (Å²) in [6.45, 7) is 1.10. The Morgan fingerprint density at radius 2 is 1.95 bits per heavy atom. The fourth-order valence-electron chi connectivity index (χ4n) is 2.52. The molecule has 1 aliphatic heterocycles. The van der Waals surface area contributed by atoms with Gasteiger partial charge in [0.25, 0.3) is 5.91 Å². The van der Waals surface area contributed by atoms with Gasteiger partial charge in [-0.15, -0.1) is 0 Å². The van der Waals surface area contributed by atoms with E-state index in [9.17, 15) is 4.79 Å². The molecule has 0 atom stereocenters. The van der Waals surface area contributed by atoms with E-state index in [0.29, 0.717) is 18.7 Å². The van der Waals surface area contributed by atoms with Crippen LogP contribution < -0.4 is 16.4 Å². The van der Waals surface area contributed by atoms with E-state index in [-0.39, 0.29) is 5.91 Å². The fourth-order valence-corrected chi connectivity index (χ4v) is 2.89. The lowest BCUT2D eigenvalue weighted by Gasteiger charge is -2.13. The first-order chi connectivity index (χ1) is 10.7. The summed E-state index contributed by atoms with van der Waals surface area (Å²) in [6.07, 6.45) is 0. The minimum Gasteiger partial charge on any atom is -0.383 e. The summed E-state index contributed by atoms with van der Waals surface area (Å²) < 4.78 is 0.937. The van der Waals surface area contributed by atoms with Gasteiger partial charge in [0.1, 0.15) is 0 Å². The van der Waals surface area contributed by atoms with Gasteiger partial charge < -0.3 is 16.4 Å². The predicted octanol–water partition coefficient (Wildman–Crippen LogP) is 2.82. The van der Waals surface area contributed by atoms with E-state index >= 15 is 0 Å². The maximum absolute atomic E-state index is 12.5. The maximum Gasteiger partial charge on any atom is 0.258 e. The highest BCUT2D eigenvalue weighted by molar-refractivity contribution is 9.10. The van der Waals surface area contributed by atoms with Gasteiger partial charge in [-0.25, -0.2) is 0 Å². The van der Waals surface area contributed by atoms with Crippen molar-refractivity contribution in [2.75, 3.05) is 18.4 Å². The van der Waals surface area contributed by atoms with Crippen LogP contribution in [0.3, 0.4) is 0 Å². The number of nitrogens with one attached hydrogen (secondary N) is 2. The number of hydrogen-bond donors (Lipinski definition) is 3. The lowest BCUT2D eigenvalue weighted by atomic mass is 10.0. The van der Waals surface area contributed by atoms with E-state index in [1.807, 2.05) is 48.5 Å². The molecule has 3 rings (SSSR count). The number of carbonyl (C=O) groups excluding carboxylic acids is 1. The topological polar surface area (TPSA) is 67.1 Å². The minimum atomic E-state index is -0.100. The standard InChI is InChI=1S/C17H16BrN3O/c18-12-6-7-14-13(10-12)15(17(22)21-14)16(20-9-8-19)11-4-2-1-3-5-11/h1-7,10,20H,8-9,19H2,(H,21,22)/b16-15-. The zero-order valence-corrected chi connectivity index (χ0v) is 13.5. The normalized spacial score (nSPS) is 15.3. The van der Waals surface area contributed by atoms with Crippen molar-refractivity contribution in [1.82, 2.24) is 5.32 Å². The summed E-state index contributed by atoms with van der Waals surface area (Å²) in [5, 5.41) is 6.21. The third-order valence-corrected chi connectivity index (χ3v) is 3.98. The van der Waals surface area contributed by atoms with Crippen LogP contribution in [0.5, 0.6) is 0 Å². The van der Waals surface area contributed by atoms with Crippen LogP contribution in [-0.2, 0) is 4.79 Å². The van der Waals surface area contributed by atoms with Gasteiger partial charge in [-0.1, -0.05) is 46.3 Å². The molecule has 0 radical (unpaired) electrons. The number of nitrogens with two attached hydrogens (primary N) is 1. The molecule has 0 unspecified atom stereocenters. The van der Waals surface area contributed by atoms with Crippen molar-refractivity contribution >= 4 is 38.8 Å². The smallest absolute Gasteiger partial charge is 0.258 e. The van der Waals surface area contributed by atoms with E-state index < -0.39 is 0 Å². The molecular formula is C17H16BrN3O. The molecule has 1 heterocycles. The first kappa shape index (κ1) is 14.8. The van der Waals surface area contributed by atoms with Crippen LogP contribution in [0.1, 0.15) is 11.1 Å². The third kappa shape index (κ3) is 2.77. The summed E-state index contributed by atoms with van der Waals surface area (Å²) in [4.78, 5) is 12.5. The molecule has 1 aliphatic rings. The van der Waals surface area contributed by atoms with Crippen molar-refractivity contribution in [3.63, 3.8) is 0 Å². The number of amides is 1. The maximum atomic E-state index is 12.5. The quantitative estimate of drug-likeness (QED) is 0.737. The largest absolute Gasteiger partial charge is 0.383 e. The van der Waals surface area contributed by atoms with Gasteiger partial charge in [0.15, 0.2) is 0 Å². The second-order valence-corrected chi connectivity index (χ2v) is 5.89. The molecule has 0 aliphatic carbocycles. The Morgan fingerprint density at radius 1 is 1.18 bits per heavy atom. The zero-order chi connectivity index (χ0) is 15.5. The molecule has 22 heavy (non-hydrogen) atoms. The highest BCUT2D eigenvalue weighted by atomic mass is 79.9. The average Bonchev–Trinajstić information content (AvgIpc) is 2.85. The molecule has 0 saturated carbocycles. The van der Waals surface area contributed by atoms with Gasteiger partial charge in [-0.3, -0.25) is 4.79 Å². The number of hydrogen-bond acceptors (Lipinski definition) is 3. The monoisotopic (exact) mass is 357 g/mol. The van der Waals surface area contributed by atoms with Crippen LogP contribution in [0.15, 0.2) is 53.0 Å². The summed E-state index contributed by atoms with van der Waals surface area (Å²) in [5.41, 5.74) is 9.75. The van der Waals surface area contributed by atoms with Crippen molar-refractivity contribution in [3.05, 3.63) is 64.1 Å². The first-order valence-electron chi connectivity index (χ1n) is 7.05. The summed E-state index contributed by atoms with van der Waals surface area (Å²) in [6, 6.07) is 15.6. The molecule has 0 bridgehead atoms. The molecule has 1 amide bonds. The summed E-state index contributed by atoms with van der Waals surface area (Å²) in [5.74, 6) is -0.100. The zero-order valence-electron chi connectivity index (χ0n) is 11.9. The highest BCUT2D eigenvalue weighted by Gasteiger charge is 2.28. The second kappa shape index (κ2) is 6.34. The number of anilines is 1. The Bertz CT molecular complexity index is 741. The molecular weight excluding hydrogens is 342 g/mol. The van der Waals surface area contributed by atoms with Gasteiger partial charge in [-0.2, -0.15) is 0 Å². The first-order valence-corrected chi connectivity index (χ1v) is 7.85. The molecule has 2 aromatic carbocycles. The van der Waals surface area contributed by atoms with Crippen LogP contribution in [0.2, 0.25) is 0 Å². The van der Waals surface area contributed by atoms with E-state index in [2.05, 4.69) is 26.6 Å². The van der Waals surface area contributed by atoms with Crippen molar-refractivity contribution < 1.29 is 4.79 Å². The van der Waals surface area contributed by atoms with Crippen LogP contribution in [0, 0.1) is 0 Å². The molecule has 112 valence electrons. The molecule has 0 aromatic heterocycles. The van der Waals surface area contributed by atoms with Crippen LogP contribution in [0.25, 0.3) is 11.3 Å². The molecule has 0 fully saturated rings. The Labute approximate surface area is 137 Å². The van der Waals surface area contributed by atoms with Gasteiger partial charge in [-0.05, 0) is 23.8 Å². The molecule has 4 N–H and O–H groups in total. The summed E-state index contributed by atoms with van der Waals surface area (Å²) in [7, 11) is 0. The Balaban J connectivity index is 2.19. The molecule has 4 nitrogen and oxygen atoms in total. The molecule has 2 aromatic rings. The summed E-state index contributed by atoms with van der Waals surface area (Å²) >= 11 is 3.47. The lowest BCUT2D eigenvalue weighted by Crippen LogP contribution is -2.23. The number of halogens is 1. The van der Waals surface area contributed by atoms with Crippen LogP contribution in [0.4, 0.5) is 5.69 Å². The van der Waals surface area contributed by atoms with Gasteiger partial charge in [0, 0.05) is 28.8 Å². The Hall–Kier alpha value is -2.11. The predicted molar refractivity (Wildman–Crippen MR) is 93.1 cm³/mol. The minimum absolute atomic E-state index is 0.100. The van der Waals surface area contributed by atoms with Gasteiger partial charge in [0.2, 0.25) is 0 Å². The van der Waals surface area contributed by atoms with Crippen molar-refractivity contribution in [1.29, 1.82) is 0 Å². The molecule has 5 heteroatoms. The van der Waals surface area contributed by atoms with Crippen molar-refractivity contribution in [3.8, 4) is 0 Å². The number of benzene rings is 2. The SMILES string of the molecule is NCCN/C(=C1\C(=O)Nc2ccc(Br)cc21)c1ccccc1. The molecule has 0 spiro atoms. The van der Waals surface area contributed by atoms with Crippen molar-refractivity contribution in [2.45, 2.75) is 0 Å².